The lowest BCUT2D eigenvalue weighted by Gasteiger charge is -2.31. The monoisotopic (exact) mass is 346 g/mol. The van der Waals surface area contributed by atoms with Gasteiger partial charge in [0.05, 0.1) is 0 Å². The van der Waals surface area contributed by atoms with E-state index in [0.717, 1.165) is 18.7 Å². The standard InChI is InChI=1S/C23H26N2O/c26-23-11-9-21-17-18(8-10-22(21)24-23)5-4-14-25-15-12-20(13-16-25)19-6-2-1-3-7-19/h1-8,10,17,20H,9,11-16H2,(H,24,26). The topological polar surface area (TPSA) is 32.3 Å². The molecule has 2 aromatic rings. The number of fused-ring (bicyclic) bond motifs is 1. The van der Waals surface area contributed by atoms with E-state index >= 15 is 0 Å². The fraction of sp³-hybridized carbons (Fsp3) is 0.348. The van der Waals surface area contributed by atoms with E-state index in [0.29, 0.717) is 12.3 Å². The molecular weight excluding hydrogens is 320 g/mol. The maximum atomic E-state index is 11.4. The summed E-state index contributed by atoms with van der Waals surface area (Å²) in [5.41, 5.74) is 4.93. The fourth-order valence-electron chi connectivity index (χ4n) is 4.02. The van der Waals surface area contributed by atoms with Crippen molar-refractivity contribution in [2.75, 3.05) is 25.0 Å². The summed E-state index contributed by atoms with van der Waals surface area (Å²) in [7, 11) is 0. The van der Waals surface area contributed by atoms with Crippen LogP contribution in [0.2, 0.25) is 0 Å². The summed E-state index contributed by atoms with van der Waals surface area (Å²) in [6.45, 7) is 3.34. The molecule has 2 aromatic carbocycles. The Hall–Kier alpha value is -2.39. The molecule has 0 spiro atoms. The molecule has 1 saturated heterocycles. The summed E-state index contributed by atoms with van der Waals surface area (Å²) in [6.07, 6.45) is 8.41. The van der Waals surface area contributed by atoms with Crippen LogP contribution in [0.1, 0.15) is 41.9 Å². The number of nitrogens with zero attached hydrogens (tertiary/aromatic N) is 1. The number of anilines is 1. The molecule has 3 nitrogen and oxygen atoms in total. The quantitative estimate of drug-likeness (QED) is 0.886. The molecule has 3 heteroatoms. The number of likely N-dealkylation sites (tertiary alicyclic amines) is 1. The predicted octanol–water partition coefficient (Wildman–Crippen LogP) is 4.46. The van der Waals surface area contributed by atoms with Gasteiger partial charge in [-0.15, -0.1) is 0 Å². The molecule has 0 bridgehead atoms. The third-order valence-electron chi connectivity index (χ3n) is 5.56. The van der Waals surface area contributed by atoms with Gasteiger partial charge in [-0.25, -0.2) is 0 Å². The van der Waals surface area contributed by atoms with E-state index in [1.54, 1.807) is 0 Å². The molecule has 1 amide bonds. The Morgan fingerprint density at radius 2 is 1.85 bits per heavy atom. The number of nitrogens with one attached hydrogen (secondary N) is 1. The number of benzene rings is 2. The Kier molecular flexibility index (Phi) is 5.16. The average molecular weight is 346 g/mol. The molecule has 2 heterocycles. The van der Waals surface area contributed by atoms with Crippen molar-refractivity contribution >= 4 is 17.7 Å². The van der Waals surface area contributed by atoms with Crippen LogP contribution < -0.4 is 5.32 Å². The predicted molar refractivity (Wildman–Crippen MR) is 107 cm³/mol. The van der Waals surface area contributed by atoms with Crippen LogP contribution in [0.4, 0.5) is 5.69 Å². The Balaban J connectivity index is 1.29. The minimum atomic E-state index is 0.125. The van der Waals surface area contributed by atoms with E-state index in [4.69, 9.17) is 0 Å². The van der Waals surface area contributed by atoms with Crippen LogP contribution in [0.15, 0.2) is 54.6 Å². The van der Waals surface area contributed by atoms with Crippen molar-refractivity contribution in [2.45, 2.75) is 31.6 Å². The van der Waals surface area contributed by atoms with Gasteiger partial charge in [0, 0.05) is 18.7 Å². The maximum Gasteiger partial charge on any atom is 0.224 e. The summed E-state index contributed by atoms with van der Waals surface area (Å²) >= 11 is 0. The van der Waals surface area contributed by atoms with Gasteiger partial charge < -0.3 is 5.32 Å². The first-order valence-electron chi connectivity index (χ1n) is 9.64. The summed E-state index contributed by atoms with van der Waals surface area (Å²) in [5.74, 6) is 0.840. The third kappa shape index (κ3) is 4.05. The highest BCUT2D eigenvalue weighted by Crippen LogP contribution is 2.28. The number of piperidine rings is 1. The number of amides is 1. The number of carbonyl (C=O) groups is 1. The molecule has 1 N–H and O–H groups in total. The summed E-state index contributed by atoms with van der Waals surface area (Å²) in [4.78, 5) is 14.0. The first-order valence-corrected chi connectivity index (χ1v) is 9.64. The number of hydrogen-bond acceptors (Lipinski definition) is 2. The molecule has 0 saturated carbocycles. The van der Waals surface area contributed by atoms with Crippen molar-refractivity contribution in [1.82, 2.24) is 4.90 Å². The van der Waals surface area contributed by atoms with Crippen LogP contribution in [0.5, 0.6) is 0 Å². The average Bonchev–Trinajstić information content (AvgIpc) is 2.69. The molecule has 0 aromatic heterocycles. The summed E-state index contributed by atoms with van der Waals surface area (Å²) in [6, 6.07) is 17.2. The van der Waals surface area contributed by atoms with Crippen molar-refractivity contribution < 1.29 is 4.79 Å². The lowest BCUT2D eigenvalue weighted by Crippen LogP contribution is -2.32. The highest BCUT2D eigenvalue weighted by atomic mass is 16.1. The lowest BCUT2D eigenvalue weighted by molar-refractivity contribution is -0.116. The van der Waals surface area contributed by atoms with E-state index in [-0.39, 0.29) is 5.91 Å². The van der Waals surface area contributed by atoms with E-state index in [2.05, 4.69) is 64.8 Å². The van der Waals surface area contributed by atoms with E-state index in [9.17, 15) is 4.79 Å². The second-order valence-corrected chi connectivity index (χ2v) is 7.35. The minimum absolute atomic E-state index is 0.125. The molecular formula is C23H26N2O. The van der Waals surface area contributed by atoms with Crippen molar-refractivity contribution in [3.63, 3.8) is 0 Å². The van der Waals surface area contributed by atoms with Gasteiger partial charge in [-0.05, 0) is 67.1 Å². The van der Waals surface area contributed by atoms with E-state index < -0.39 is 0 Å². The Bertz CT molecular complexity index is 789. The second kappa shape index (κ2) is 7.88. The number of hydrogen-bond donors (Lipinski definition) is 1. The molecule has 0 radical (unpaired) electrons. The van der Waals surface area contributed by atoms with Crippen molar-refractivity contribution in [1.29, 1.82) is 0 Å². The number of aryl methyl sites for hydroxylation is 1. The zero-order valence-electron chi connectivity index (χ0n) is 15.2. The summed E-state index contributed by atoms with van der Waals surface area (Å²) in [5, 5.41) is 2.94. The SMILES string of the molecule is O=C1CCc2cc(C=CCN3CCC(c4ccccc4)CC3)ccc2N1. The smallest absolute Gasteiger partial charge is 0.224 e. The second-order valence-electron chi connectivity index (χ2n) is 7.35. The van der Waals surface area contributed by atoms with E-state index in [1.807, 2.05) is 6.07 Å². The van der Waals surface area contributed by atoms with Crippen molar-refractivity contribution in [3.05, 3.63) is 71.3 Å². The van der Waals surface area contributed by atoms with Gasteiger partial charge in [0.15, 0.2) is 0 Å². The fourth-order valence-corrected chi connectivity index (χ4v) is 4.02. The van der Waals surface area contributed by atoms with Gasteiger partial charge in [-0.3, -0.25) is 9.69 Å². The molecule has 2 aliphatic heterocycles. The Morgan fingerprint density at radius 3 is 2.65 bits per heavy atom. The van der Waals surface area contributed by atoms with Crippen LogP contribution in [-0.2, 0) is 11.2 Å². The van der Waals surface area contributed by atoms with Crippen LogP contribution in [0, 0.1) is 0 Å². The molecule has 0 unspecified atom stereocenters. The molecule has 0 aliphatic carbocycles. The zero-order chi connectivity index (χ0) is 17.8. The molecule has 2 aliphatic rings. The van der Waals surface area contributed by atoms with Gasteiger partial charge in [-0.1, -0.05) is 48.6 Å². The number of carbonyl (C=O) groups excluding carboxylic acids is 1. The molecule has 134 valence electrons. The molecule has 4 rings (SSSR count). The first-order chi connectivity index (χ1) is 12.8. The van der Waals surface area contributed by atoms with Gasteiger partial charge in [0.25, 0.3) is 0 Å². The summed E-state index contributed by atoms with van der Waals surface area (Å²) < 4.78 is 0. The van der Waals surface area contributed by atoms with Gasteiger partial charge in [0.2, 0.25) is 5.91 Å². The lowest BCUT2D eigenvalue weighted by atomic mass is 9.89. The third-order valence-corrected chi connectivity index (χ3v) is 5.56. The number of rotatable bonds is 4. The van der Waals surface area contributed by atoms with E-state index in [1.165, 1.54) is 42.6 Å². The molecule has 1 fully saturated rings. The van der Waals surface area contributed by atoms with Gasteiger partial charge >= 0.3 is 0 Å². The molecule has 26 heavy (non-hydrogen) atoms. The highest BCUT2D eigenvalue weighted by molar-refractivity contribution is 5.94. The van der Waals surface area contributed by atoms with Crippen molar-refractivity contribution in [2.24, 2.45) is 0 Å². The van der Waals surface area contributed by atoms with Gasteiger partial charge in [0.1, 0.15) is 0 Å². The Morgan fingerprint density at radius 1 is 1.04 bits per heavy atom. The zero-order valence-corrected chi connectivity index (χ0v) is 15.2. The normalized spacial score (nSPS) is 18.7. The van der Waals surface area contributed by atoms with Crippen LogP contribution >= 0.6 is 0 Å². The van der Waals surface area contributed by atoms with Crippen LogP contribution in [-0.4, -0.2) is 30.4 Å². The van der Waals surface area contributed by atoms with Crippen molar-refractivity contribution in [3.8, 4) is 0 Å². The maximum absolute atomic E-state index is 11.4. The van der Waals surface area contributed by atoms with Gasteiger partial charge in [-0.2, -0.15) is 0 Å². The highest BCUT2D eigenvalue weighted by Gasteiger charge is 2.19. The largest absolute Gasteiger partial charge is 0.326 e. The minimum Gasteiger partial charge on any atom is -0.326 e. The van der Waals surface area contributed by atoms with Crippen LogP contribution in [0.25, 0.3) is 6.08 Å². The Labute approximate surface area is 155 Å². The molecule has 0 atom stereocenters. The first kappa shape index (κ1) is 17.0. The van der Waals surface area contributed by atoms with Crippen LogP contribution in [0.3, 0.4) is 0 Å².